The van der Waals surface area contributed by atoms with Crippen molar-refractivity contribution in [1.82, 2.24) is 5.32 Å². The van der Waals surface area contributed by atoms with Gasteiger partial charge in [0.15, 0.2) is 0 Å². The Morgan fingerprint density at radius 2 is 1.94 bits per heavy atom. The zero-order chi connectivity index (χ0) is 12.0. The van der Waals surface area contributed by atoms with Crippen LogP contribution < -0.4 is 11.1 Å². The minimum Gasteiger partial charge on any atom is -0.481 e. The number of carbonyl (C=O) groups is 2. The largest absolute Gasteiger partial charge is 0.481 e. The molecule has 0 saturated carbocycles. The molecule has 0 aliphatic rings. The molecule has 0 unspecified atom stereocenters. The lowest BCUT2D eigenvalue weighted by molar-refractivity contribution is -0.137. The third kappa shape index (κ3) is 4.10. The van der Waals surface area contributed by atoms with Crippen LogP contribution in [0.15, 0.2) is 30.3 Å². The van der Waals surface area contributed by atoms with Crippen molar-refractivity contribution >= 4 is 11.9 Å². The molecule has 5 nitrogen and oxygen atoms in total. The Bertz CT molecular complexity index is 365. The highest BCUT2D eigenvalue weighted by Crippen LogP contribution is 1.97. The Kier molecular flexibility index (Phi) is 4.47. The second-order valence-corrected chi connectivity index (χ2v) is 3.43. The van der Waals surface area contributed by atoms with Gasteiger partial charge in [-0.1, -0.05) is 18.2 Å². The lowest BCUT2D eigenvalue weighted by Gasteiger charge is -2.10. The Balaban J connectivity index is 2.39. The lowest BCUT2D eigenvalue weighted by Crippen LogP contribution is -2.38. The Hall–Kier alpha value is -1.88. The molecule has 4 N–H and O–H groups in total. The van der Waals surface area contributed by atoms with Crippen LogP contribution in [0.3, 0.4) is 0 Å². The zero-order valence-electron chi connectivity index (χ0n) is 8.72. The molecule has 1 aromatic rings. The van der Waals surface area contributed by atoms with Crippen LogP contribution in [0, 0.1) is 0 Å². The van der Waals surface area contributed by atoms with Crippen LogP contribution in [0.1, 0.15) is 16.8 Å². The number of hydrogen-bond donors (Lipinski definition) is 3. The first-order chi connectivity index (χ1) is 7.59. The predicted octanol–water partition coefficient (Wildman–Crippen LogP) is 0.218. The van der Waals surface area contributed by atoms with E-state index >= 15 is 0 Å². The molecule has 1 amide bonds. The Morgan fingerprint density at radius 1 is 1.31 bits per heavy atom. The minimum absolute atomic E-state index is 0.153. The van der Waals surface area contributed by atoms with E-state index in [1.807, 2.05) is 6.07 Å². The number of carboxylic acid groups (broad SMARTS) is 1. The summed E-state index contributed by atoms with van der Waals surface area (Å²) in [6, 6.07) is 8.12. The highest BCUT2D eigenvalue weighted by atomic mass is 16.4. The second-order valence-electron chi connectivity index (χ2n) is 3.43. The van der Waals surface area contributed by atoms with Gasteiger partial charge in [0.25, 0.3) is 5.91 Å². The van der Waals surface area contributed by atoms with E-state index in [0.29, 0.717) is 5.56 Å². The number of amides is 1. The molecule has 16 heavy (non-hydrogen) atoms. The van der Waals surface area contributed by atoms with E-state index in [9.17, 15) is 9.59 Å². The maximum absolute atomic E-state index is 11.5. The van der Waals surface area contributed by atoms with Crippen LogP contribution in [0.5, 0.6) is 0 Å². The quantitative estimate of drug-likeness (QED) is 0.664. The van der Waals surface area contributed by atoms with Gasteiger partial charge in [-0.2, -0.15) is 0 Å². The monoisotopic (exact) mass is 222 g/mol. The van der Waals surface area contributed by atoms with Crippen molar-refractivity contribution in [3.05, 3.63) is 35.9 Å². The van der Waals surface area contributed by atoms with Gasteiger partial charge in [0, 0.05) is 18.2 Å². The molecule has 0 radical (unpaired) electrons. The van der Waals surface area contributed by atoms with Crippen molar-refractivity contribution in [1.29, 1.82) is 0 Å². The van der Waals surface area contributed by atoms with Crippen molar-refractivity contribution in [3.8, 4) is 0 Å². The highest BCUT2D eigenvalue weighted by Gasteiger charge is 2.10. The number of carbonyl (C=O) groups excluding carboxylic acids is 1. The van der Waals surface area contributed by atoms with Crippen molar-refractivity contribution in [2.24, 2.45) is 5.73 Å². The van der Waals surface area contributed by atoms with Crippen molar-refractivity contribution < 1.29 is 14.7 Å². The maximum atomic E-state index is 11.5. The molecular weight excluding hydrogens is 208 g/mol. The van der Waals surface area contributed by atoms with Crippen LogP contribution in [-0.2, 0) is 4.79 Å². The summed E-state index contributed by atoms with van der Waals surface area (Å²) in [6.07, 6.45) is -0.158. The molecule has 0 fully saturated rings. The van der Waals surface area contributed by atoms with Crippen LogP contribution in [0.2, 0.25) is 0 Å². The van der Waals surface area contributed by atoms with Gasteiger partial charge in [0.05, 0.1) is 6.42 Å². The number of benzene rings is 1. The molecule has 0 spiro atoms. The topological polar surface area (TPSA) is 92.4 Å². The van der Waals surface area contributed by atoms with Crippen LogP contribution >= 0.6 is 0 Å². The number of carboxylic acids is 1. The van der Waals surface area contributed by atoms with Crippen LogP contribution in [-0.4, -0.2) is 29.6 Å². The molecule has 5 heteroatoms. The molecule has 1 aromatic carbocycles. The molecular formula is C11H14N2O3. The maximum Gasteiger partial charge on any atom is 0.304 e. The molecule has 0 bridgehead atoms. The normalized spacial score (nSPS) is 11.8. The molecule has 0 aliphatic heterocycles. The first kappa shape index (κ1) is 12.2. The van der Waals surface area contributed by atoms with Gasteiger partial charge >= 0.3 is 5.97 Å². The standard InChI is InChI=1S/C11H14N2O3/c12-9(6-10(14)15)7-13-11(16)8-4-2-1-3-5-8/h1-5,9H,6-7,12H2,(H,13,16)(H,14,15)/t9-/m0/s1. The van der Waals surface area contributed by atoms with Gasteiger partial charge in [-0.15, -0.1) is 0 Å². The minimum atomic E-state index is -0.971. The summed E-state index contributed by atoms with van der Waals surface area (Å²) in [5.74, 6) is -1.22. The predicted molar refractivity (Wildman–Crippen MR) is 59.0 cm³/mol. The summed E-state index contributed by atoms with van der Waals surface area (Å²) in [5.41, 5.74) is 6.04. The van der Waals surface area contributed by atoms with Gasteiger partial charge in [-0.05, 0) is 12.1 Å². The summed E-state index contributed by atoms with van der Waals surface area (Å²) in [5, 5.41) is 11.1. The van der Waals surface area contributed by atoms with E-state index in [-0.39, 0.29) is 18.9 Å². The second kappa shape index (κ2) is 5.87. The average Bonchev–Trinajstić information content (AvgIpc) is 2.26. The first-order valence-electron chi connectivity index (χ1n) is 4.90. The Morgan fingerprint density at radius 3 is 2.50 bits per heavy atom. The average molecular weight is 222 g/mol. The van der Waals surface area contributed by atoms with Gasteiger partial charge in [-0.3, -0.25) is 9.59 Å². The number of nitrogens with one attached hydrogen (secondary N) is 1. The van der Waals surface area contributed by atoms with E-state index < -0.39 is 12.0 Å². The van der Waals surface area contributed by atoms with Gasteiger partial charge in [-0.25, -0.2) is 0 Å². The van der Waals surface area contributed by atoms with E-state index in [4.69, 9.17) is 10.8 Å². The molecule has 1 rings (SSSR count). The van der Waals surface area contributed by atoms with Crippen molar-refractivity contribution in [2.45, 2.75) is 12.5 Å². The van der Waals surface area contributed by atoms with Crippen LogP contribution in [0.25, 0.3) is 0 Å². The molecule has 86 valence electrons. The molecule has 0 heterocycles. The summed E-state index contributed by atoms with van der Waals surface area (Å²) in [7, 11) is 0. The molecule has 1 atom stereocenters. The fraction of sp³-hybridized carbons (Fsp3) is 0.273. The third-order valence-corrected chi connectivity index (χ3v) is 2.00. The lowest BCUT2D eigenvalue weighted by atomic mass is 10.2. The fourth-order valence-corrected chi connectivity index (χ4v) is 1.21. The van der Waals surface area contributed by atoms with Crippen molar-refractivity contribution in [3.63, 3.8) is 0 Å². The van der Waals surface area contributed by atoms with E-state index in [1.54, 1.807) is 24.3 Å². The molecule has 0 aromatic heterocycles. The summed E-state index contributed by atoms with van der Waals surface area (Å²) >= 11 is 0. The first-order valence-corrected chi connectivity index (χ1v) is 4.90. The third-order valence-electron chi connectivity index (χ3n) is 2.00. The number of aliphatic carboxylic acids is 1. The van der Waals surface area contributed by atoms with Gasteiger partial charge in [0.2, 0.25) is 0 Å². The zero-order valence-corrected chi connectivity index (χ0v) is 8.72. The number of nitrogens with two attached hydrogens (primary N) is 1. The van der Waals surface area contributed by atoms with E-state index in [0.717, 1.165) is 0 Å². The Labute approximate surface area is 93.3 Å². The van der Waals surface area contributed by atoms with E-state index in [2.05, 4.69) is 5.32 Å². The summed E-state index contributed by atoms with van der Waals surface area (Å²) in [6.45, 7) is 0.153. The SMILES string of the molecule is N[C@H](CNC(=O)c1ccccc1)CC(=O)O. The highest BCUT2D eigenvalue weighted by molar-refractivity contribution is 5.94. The smallest absolute Gasteiger partial charge is 0.304 e. The fourth-order valence-electron chi connectivity index (χ4n) is 1.21. The van der Waals surface area contributed by atoms with Crippen molar-refractivity contribution in [2.75, 3.05) is 6.54 Å². The molecule has 0 saturated heterocycles. The summed E-state index contributed by atoms with van der Waals surface area (Å²) in [4.78, 5) is 21.9. The number of rotatable bonds is 5. The van der Waals surface area contributed by atoms with Gasteiger partial charge < -0.3 is 16.2 Å². The molecule has 0 aliphatic carbocycles. The number of hydrogen-bond acceptors (Lipinski definition) is 3. The van der Waals surface area contributed by atoms with Crippen LogP contribution in [0.4, 0.5) is 0 Å². The van der Waals surface area contributed by atoms with E-state index in [1.165, 1.54) is 0 Å². The van der Waals surface area contributed by atoms with Gasteiger partial charge in [0.1, 0.15) is 0 Å². The summed E-state index contributed by atoms with van der Waals surface area (Å²) < 4.78 is 0.